The van der Waals surface area contributed by atoms with Crippen molar-refractivity contribution in [2.45, 2.75) is 43.0 Å². The Bertz CT molecular complexity index is 583. The van der Waals surface area contributed by atoms with Gasteiger partial charge in [0.05, 0.1) is 5.75 Å². The average molecular weight is 317 g/mol. The zero-order valence-corrected chi connectivity index (χ0v) is 12.9. The van der Waals surface area contributed by atoms with E-state index in [1.165, 1.54) is 6.42 Å². The molecule has 3 nitrogen and oxygen atoms in total. The lowest BCUT2D eigenvalue weighted by Crippen LogP contribution is -2.40. The van der Waals surface area contributed by atoms with Crippen LogP contribution < -0.4 is 5.32 Å². The summed E-state index contributed by atoms with van der Waals surface area (Å²) in [6, 6.07) is 2.32. The van der Waals surface area contributed by atoms with Crippen molar-refractivity contribution in [2.75, 3.05) is 12.8 Å². The lowest BCUT2D eigenvalue weighted by atomic mass is 9.84. The maximum atomic E-state index is 13.7. The molecule has 0 heterocycles. The van der Waals surface area contributed by atoms with E-state index >= 15 is 0 Å². The van der Waals surface area contributed by atoms with Gasteiger partial charge in [0, 0.05) is 6.04 Å². The fourth-order valence-electron chi connectivity index (χ4n) is 3.03. The highest BCUT2D eigenvalue weighted by atomic mass is 32.2. The first-order chi connectivity index (χ1) is 9.94. The van der Waals surface area contributed by atoms with Gasteiger partial charge in [0.15, 0.2) is 9.84 Å². The molecular weight excluding hydrogens is 296 g/mol. The molecule has 1 unspecified atom stereocenters. The van der Waals surface area contributed by atoms with Gasteiger partial charge in [0.1, 0.15) is 16.5 Å². The summed E-state index contributed by atoms with van der Waals surface area (Å²) in [5.41, 5.74) is 0. The lowest BCUT2D eigenvalue weighted by Gasteiger charge is -2.29. The van der Waals surface area contributed by atoms with Crippen LogP contribution in [0.2, 0.25) is 0 Å². The minimum Gasteiger partial charge on any atom is -0.316 e. The quantitative estimate of drug-likeness (QED) is 0.908. The van der Waals surface area contributed by atoms with Crippen molar-refractivity contribution in [3.63, 3.8) is 0 Å². The molecule has 1 N–H and O–H groups in total. The Labute approximate surface area is 124 Å². The summed E-state index contributed by atoms with van der Waals surface area (Å²) in [6.45, 7) is 0. The summed E-state index contributed by atoms with van der Waals surface area (Å²) in [4.78, 5) is -0.543. The van der Waals surface area contributed by atoms with E-state index < -0.39 is 26.4 Å². The Morgan fingerprint density at radius 2 is 1.90 bits per heavy atom. The highest BCUT2D eigenvalue weighted by Gasteiger charge is 2.29. The Balaban J connectivity index is 2.20. The molecule has 21 heavy (non-hydrogen) atoms. The molecule has 1 fully saturated rings. The van der Waals surface area contributed by atoms with Gasteiger partial charge in [-0.05, 0) is 44.0 Å². The van der Waals surface area contributed by atoms with Crippen LogP contribution in [0.25, 0.3) is 0 Å². The van der Waals surface area contributed by atoms with Gasteiger partial charge < -0.3 is 5.32 Å². The zero-order valence-electron chi connectivity index (χ0n) is 12.1. The topological polar surface area (TPSA) is 46.2 Å². The van der Waals surface area contributed by atoms with Gasteiger partial charge in [-0.15, -0.1) is 0 Å². The number of nitrogens with one attached hydrogen (secondary N) is 1. The van der Waals surface area contributed by atoms with E-state index in [1.807, 2.05) is 0 Å². The van der Waals surface area contributed by atoms with E-state index in [1.54, 1.807) is 7.05 Å². The van der Waals surface area contributed by atoms with Crippen molar-refractivity contribution in [1.82, 2.24) is 5.32 Å². The second-order valence-corrected chi connectivity index (χ2v) is 7.65. The highest BCUT2D eigenvalue weighted by Crippen LogP contribution is 2.28. The van der Waals surface area contributed by atoms with Crippen LogP contribution in [0.1, 0.15) is 32.1 Å². The van der Waals surface area contributed by atoms with E-state index in [-0.39, 0.29) is 17.7 Å². The maximum absolute atomic E-state index is 13.7. The van der Waals surface area contributed by atoms with Crippen molar-refractivity contribution in [1.29, 1.82) is 0 Å². The molecular formula is C15H21F2NO2S. The number of sulfone groups is 1. The minimum absolute atomic E-state index is 0.200. The molecule has 1 atom stereocenters. The van der Waals surface area contributed by atoms with E-state index in [0.717, 1.165) is 43.9 Å². The fourth-order valence-corrected chi connectivity index (χ4v) is 4.78. The summed E-state index contributed by atoms with van der Waals surface area (Å²) in [6.07, 6.45) is 5.33. The molecule has 0 bridgehead atoms. The molecule has 1 aromatic rings. The molecule has 0 aliphatic heterocycles. The van der Waals surface area contributed by atoms with Crippen molar-refractivity contribution >= 4 is 9.84 Å². The van der Waals surface area contributed by atoms with Crippen LogP contribution >= 0.6 is 0 Å². The van der Waals surface area contributed by atoms with E-state index in [9.17, 15) is 17.2 Å². The minimum atomic E-state index is -3.85. The monoisotopic (exact) mass is 317 g/mol. The normalized spacial score (nSPS) is 18.6. The molecule has 0 spiro atoms. The number of halogens is 2. The van der Waals surface area contributed by atoms with E-state index in [0.29, 0.717) is 0 Å². The van der Waals surface area contributed by atoms with Crippen molar-refractivity contribution < 1.29 is 17.2 Å². The van der Waals surface area contributed by atoms with E-state index in [2.05, 4.69) is 5.32 Å². The molecule has 1 aliphatic carbocycles. The summed E-state index contributed by atoms with van der Waals surface area (Å²) in [5.74, 6) is -1.56. The molecule has 1 aromatic carbocycles. The van der Waals surface area contributed by atoms with Crippen LogP contribution in [-0.4, -0.2) is 27.3 Å². The SMILES string of the molecule is CNC(CS(=O)(=O)c1cc(F)ccc1F)C1CCCCC1. The van der Waals surface area contributed by atoms with Crippen molar-refractivity contribution in [3.8, 4) is 0 Å². The van der Waals surface area contributed by atoms with Crippen LogP contribution in [0.5, 0.6) is 0 Å². The third-order valence-electron chi connectivity index (χ3n) is 4.22. The number of hydrogen-bond acceptors (Lipinski definition) is 3. The van der Waals surface area contributed by atoms with Gasteiger partial charge in [-0.3, -0.25) is 0 Å². The third-order valence-corrected chi connectivity index (χ3v) is 6.00. The standard InChI is InChI=1S/C15H21F2NO2S/c1-18-14(11-5-3-2-4-6-11)10-21(19,20)15-9-12(16)7-8-13(15)17/h7-9,11,14,18H,2-6,10H2,1H3. The Morgan fingerprint density at radius 1 is 1.24 bits per heavy atom. The number of rotatable bonds is 5. The average Bonchev–Trinajstić information content (AvgIpc) is 2.48. The van der Waals surface area contributed by atoms with Crippen molar-refractivity contribution in [3.05, 3.63) is 29.8 Å². The molecule has 0 saturated heterocycles. The second kappa shape index (κ2) is 6.83. The molecule has 6 heteroatoms. The van der Waals surface area contributed by atoms with Crippen LogP contribution in [0.3, 0.4) is 0 Å². The molecule has 0 amide bonds. The predicted octanol–water partition coefficient (Wildman–Crippen LogP) is 2.91. The molecule has 2 rings (SSSR count). The Hall–Kier alpha value is -1.01. The first-order valence-corrected chi connectivity index (χ1v) is 8.94. The van der Waals surface area contributed by atoms with Crippen LogP contribution in [-0.2, 0) is 9.84 Å². The van der Waals surface area contributed by atoms with Crippen LogP contribution in [0, 0.1) is 17.6 Å². The Morgan fingerprint density at radius 3 is 2.52 bits per heavy atom. The summed E-state index contributed by atoms with van der Waals surface area (Å²) >= 11 is 0. The number of hydrogen-bond donors (Lipinski definition) is 1. The predicted molar refractivity (Wildman–Crippen MR) is 77.8 cm³/mol. The lowest BCUT2D eigenvalue weighted by molar-refractivity contribution is 0.292. The van der Waals surface area contributed by atoms with E-state index in [4.69, 9.17) is 0 Å². The summed E-state index contributed by atoms with van der Waals surface area (Å²) in [5, 5.41) is 3.04. The summed E-state index contributed by atoms with van der Waals surface area (Å²) in [7, 11) is -2.13. The molecule has 1 saturated carbocycles. The maximum Gasteiger partial charge on any atom is 0.182 e. The molecule has 0 radical (unpaired) electrons. The largest absolute Gasteiger partial charge is 0.316 e. The van der Waals surface area contributed by atoms with Gasteiger partial charge in [0.2, 0.25) is 0 Å². The Kier molecular flexibility index (Phi) is 5.32. The van der Waals surface area contributed by atoms with Gasteiger partial charge >= 0.3 is 0 Å². The first kappa shape index (κ1) is 16.4. The van der Waals surface area contributed by atoms with Crippen LogP contribution in [0.4, 0.5) is 8.78 Å². The van der Waals surface area contributed by atoms with Gasteiger partial charge in [-0.1, -0.05) is 19.3 Å². The molecule has 0 aromatic heterocycles. The molecule has 118 valence electrons. The van der Waals surface area contributed by atoms with Gasteiger partial charge in [-0.2, -0.15) is 0 Å². The smallest absolute Gasteiger partial charge is 0.182 e. The fraction of sp³-hybridized carbons (Fsp3) is 0.600. The van der Waals surface area contributed by atoms with Gasteiger partial charge in [-0.25, -0.2) is 17.2 Å². The first-order valence-electron chi connectivity index (χ1n) is 7.29. The number of benzene rings is 1. The molecule has 1 aliphatic rings. The van der Waals surface area contributed by atoms with Crippen molar-refractivity contribution in [2.24, 2.45) is 5.92 Å². The third kappa shape index (κ3) is 4.01. The summed E-state index contributed by atoms with van der Waals surface area (Å²) < 4.78 is 51.6. The highest BCUT2D eigenvalue weighted by molar-refractivity contribution is 7.91. The van der Waals surface area contributed by atoms with Gasteiger partial charge in [0.25, 0.3) is 0 Å². The van der Waals surface area contributed by atoms with Crippen LogP contribution in [0.15, 0.2) is 23.1 Å². The second-order valence-electron chi connectivity index (χ2n) is 5.65. The zero-order chi connectivity index (χ0) is 15.5.